The van der Waals surface area contributed by atoms with Crippen LogP contribution < -0.4 is 5.32 Å². The van der Waals surface area contributed by atoms with Crippen molar-refractivity contribution in [1.29, 1.82) is 0 Å². The summed E-state index contributed by atoms with van der Waals surface area (Å²) in [4.78, 5) is 0. The number of aryl methyl sites for hydroxylation is 2. The molecule has 16 heavy (non-hydrogen) atoms. The first kappa shape index (κ1) is 13.7. The number of nitrogens with one attached hydrogen (secondary N) is 1. The highest BCUT2D eigenvalue weighted by molar-refractivity contribution is 9.10. The van der Waals surface area contributed by atoms with Gasteiger partial charge < -0.3 is 5.32 Å². The highest BCUT2D eigenvalue weighted by Gasteiger charge is 2.11. The Morgan fingerprint density at radius 2 is 2.12 bits per heavy atom. The molecule has 1 N–H and O–H groups in total. The number of rotatable bonds is 6. The van der Waals surface area contributed by atoms with E-state index in [9.17, 15) is 0 Å². The highest BCUT2D eigenvalue weighted by Crippen LogP contribution is 2.21. The fourth-order valence-electron chi connectivity index (χ4n) is 1.69. The molecular weight excluding hydrogens is 266 g/mol. The molecule has 0 saturated heterocycles. The van der Waals surface area contributed by atoms with E-state index in [0.29, 0.717) is 5.92 Å². The first-order valence-corrected chi connectivity index (χ1v) is 6.76. The van der Waals surface area contributed by atoms with Crippen molar-refractivity contribution in [2.45, 2.75) is 33.6 Å². The van der Waals surface area contributed by atoms with Crippen LogP contribution in [0.4, 0.5) is 0 Å². The Balaban J connectivity index is 2.50. The quantitative estimate of drug-likeness (QED) is 0.815. The van der Waals surface area contributed by atoms with Crippen LogP contribution in [0.1, 0.15) is 32.2 Å². The summed E-state index contributed by atoms with van der Waals surface area (Å²) >= 11 is 3.63. The predicted octanol–water partition coefficient (Wildman–Crippen LogP) is 2.53. The normalized spacial score (nSPS) is 11.4. The maximum absolute atomic E-state index is 4.48. The molecule has 0 aliphatic carbocycles. The molecule has 92 valence electrons. The van der Waals surface area contributed by atoms with Crippen molar-refractivity contribution in [1.82, 2.24) is 15.1 Å². The van der Waals surface area contributed by atoms with Crippen molar-refractivity contribution < 1.29 is 0 Å². The van der Waals surface area contributed by atoms with Crippen LogP contribution in [-0.4, -0.2) is 22.9 Å². The summed E-state index contributed by atoms with van der Waals surface area (Å²) in [6, 6.07) is 0. The lowest BCUT2D eigenvalue weighted by Gasteiger charge is -2.07. The molecule has 0 aromatic carbocycles. The topological polar surface area (TPSA) is 29.9 Å². The van der Waals surface area contributed by atoms with Crippen LogP contribution in [0.2, 0.25) is 0 Å². The van der Waals surface area contributed by atoms with Gasteiger partial charge in [-0.05, 0) is 34.8 Å². The van der Waals surface area contributed by atoms with Crippen LogP contribution >= 0.6 is 15.9 Å². The van der Waals surface area contributed by atoms with Crippen molar-refractivity contribution in [3.63, 3.8) is 0 Å². The molecule has 0 amide bonds. The first-order valence-electron chi connectivity index (χ1n) is 5.97. The van der Waals surface area contributed by atoms with E-state index in [2.05, 4.69) is 47.1 Å². The molecule has 0 unspecified atom stereocenters. The van der Waals surface area contributed by atoms with Gasteiger partial charge in [-0.1, -0.05) is 20.8 Å². The monoisotopic (exact) mass is 287 g/mol. The Kier molecular flexibility index (Phi) is 5.49. The third kappa shape index (κ3) is 3.59. The number of hydrogen-bond donors (Lipinski definition) is 1. The Bertz CT molecular complexity index is 331. The molecule has 1 heterocycles. The van der Waals surface area contributed by atoms with E-state index in [1.54, 1.807) is 0 Å². The van der Waals surface area contributed by atoms with Gasteiger partial charge in [-0.3, -0.25) is 4.68 Å². The number of aromatic nitrogens is 2. The van der Waals surface area contributed by atoms with Gasteiger partial charge in [-0.25, -0.2) is 0 Å². The van der Waals surface area contributed by atoms with Gasteiger partial charge in [-0.2, -0.15) is 5.10 Å². The zero-order valence-electron chi connectivity index (χ0n) is 10.7. The van der Waals surface area contributed by atoms with Crippen molar-refractivity contribution in [2.75, 3.05) is 13.1 Å². The van der Waals surface area contributed by atoms with E-state index in [1.807, 2.05) is 11.7 Å². The fraction of sp³-hybridized carbons (Fsp3) is 0.750. The van der Waals surface area contributed by atoms with Crippen LogP contribution in [0.5, 0.6) is 0 Å². The molecule has 0 aliphatic heterocycles. The summed E-state index contributed by atoms with van der Waals surface area (Å²) < 4.78 is 3.17. The number of hydrogen-bond acceptors (Lipinski definition) is 2. The van der Waals surface area contributed by atoms with Crippen molar-refractivity contribution >= 4 is 15.9 Å². The molecule has 1 rings (SSSR count). The molecule has 4 heteroatoms. The van der Waals surface area contributed by atoms with Gasteiger partial charge in [0.25, 0.3) is 0 Å². The fourth-order valence-corrected chi connectivity index (χ4v) is 2.50. The number of halogens is 1. The van der Waals surface area contributed by atoms with Gasteiger partial charge >= 0.3 is 0 Å². The largest absolute Gasteiger partial charge is 0.316 e. The van der Waals surface area contributed by atoms with E-state index in [-0.39, 0.29) is 0 Å². The van der Waals surface area contributed by atoms with Crippen molar-refractivity contribution in [3.05, 3.63) is 15.9 Å². The van der Waals surface area contributed by atoms with Crippen LogP contribution in [0, 0.1) is 5.92 Å². The molecule has 0 spiro atoms. The standard InChI is InChI=1S/C12H22BrN3/c1-5-10-12(13)11(16(4)15-10)6-7-14-8-9(2)3/h9,14H,5-8H2,1-4H3. The third-order valence-electron chi connectivity index (χ3n) is 2.59. The lowest BCUT2D eigenvalue weighted by molar-refractivity contribution is 0.547. The minimum absolute atomic E-state index is 0.709. The molecule has 0 saturated carbocycles. The summed E-state index contributed by atoms with van der Waals surface area (Å²) in [6.07, 6.45) is 2.00. The molecule has 3 nitrogen and oxygen atoms in total. The smallest absolute Gasteiger partial charge is 0.0766 e. The van der Waals surface area contributed by atoms with Gasteiger partial charge in [0.1, 0.15) is 0 Å². The van der Waals surface area contributed by atoms with Crippen LogP contribution in [-0.2, 0) is 19.9 Å². The zero-order chi connectivity index (χ0) is 12.1. The molecule has 0 atom stereocenters. The summed E-state index contributed by atoms with van der Waals surface area (Å²) in [5, 5.41) is 7.94. The lowest BCUT2D eigenvalue weighted by atomic mass is 10.2. The molecule has 0 aliphatic rings. The van der Waals surface area contributed by atoms with Crippen LogP contribution in [0.25, 0.3) is 0 Å². The minimum Gasteiger partial charge on any atom is -0.316 e. The summed E-state index contributed by atoms with van der Waals surface area (Å²) in [5.41, 5.74) is 2.44. The van der Waals surface area contributed by atoms with E-state index in [1.165, 1.54) is 10.2 Å². The van der Waals surface area contributed by atoms with Gasteiger partial charge in [0.2, 0.25) is 0 Å². The summed E-state index contributed by atoms with van der Waals surface area (Å²) in [7, 11) is 2.02. The average molecular weight is 288 g/mol. The van der Waals surface area contributed by atoms with E-state index >= 15 is 0 Å². The van der Waals surface area contributed by atoms with Gasteiger partial charge in [0.15, 0.2) is 0 Å². The van der Waals surface area contributed by atoms with E-state index in [0.717, 1.165) is 31.6 Å². The molecule has 0 fully saturated rings. The van der Waals surface area contributed by atoms with Crippen molar-refractivity contribution in [2.24, 2.45) is 13.0 Å². The Hall–Kier alpha value is -0.350. The second kappa shape index (κ2) is 6.40. The lowest BCUT2D eigenvalue weighted by Crippen LogP contribution is -2.22. The third-order valence-corrected chi connectivity index (χ3v) is 3.51. The molecule has 0 radical (unpaired) electrons. The highest BCUT2D eigenvalue weighted by atomic mass is 79.9. The minimum atomic E-state index is 0.709. The molecule has 1 aromatic heterocycles. The molecule has 0 bridgehead atoms. The van der Waals surface area contributed by atoms with E-state index in [4.69, 9.17) is 0 Å². The second-order valence-electron chi connectivity index (χ2n) is 4.53. The first-order chi connectivity index (χ1) is 7.56. The van der Waals surface area contributed by atoms with Crippen molar-refractivity contribution in [3.8, 4) is 0 Å². The second-order valence-corrected chi connectivity index (χ2v) is 5.33. The van der Waals surface area contributed by atoms with Gasteiger partial charge in [0, 0.05) is 20.0 Å². The summed E-state index contributed by atoms with van der Waals surface area (Å²) in [5.74, 6) is 0.709. The Morgan fingerprint density at radius 3 is 2.62 bits per heavy atom. The molecule has 1 aromatic rings. The Morgan fingerprint density at radius 1 is 1.44 bits per heavy atom. The maximum Gasteiger partial charge on any atom is 0.0766 e. The molecular formula is C12H22BrN3. The number of nitrogens with zero attached hydrogens (tertiary/aromatic N) is 2. The van der Waals surface area contributed by atoms with Gasteiger partial charge in [0.05, 0.1) is 15.9 Å². The van der Waals surface area contributed by atoms with Crippen LogP contribution in [0.3, 0.4) is 0 Å². The maximum atomic E-state index is 4.48. The van der Waals surface area contributed by atoms with Crippen LogP contribution in [0.15, 0.2) is 4.47 Å². The predicted molar refractivity (Wildman–Crippen MR) is 71.7 cm³/mol. The zero-order valence-corrected chi connectivity index (χ0v) is 12.3. The SMILES string of the molecule is CCc1nn(C)c(CCNCC(C)C)c1Br. The van der Waals surface area contributed by atoms with Gasteiger partial charge in [-0.15, -0.1) is 0 Å². The average Bonchev–Trinajstić information content (AvgIpc) is 2.50. The van der Waals surface area contributed by atoms with E-state index < -0.39 is 0 Å². The Labute approximate surface area is 107 Å². The summed E-state index contributed by atoms with van der Waals surface area (Å²) in [6.45, 7) is 8.67.